The molecule has 0 bridgehead atoms. The molecule has 0 atom stereocenters. The molecule has 31 heavy (non-hydrogen) atoms. The van der Waals surface area contributed by atoms with Gasteiger partial charge in [0.1, 0.15) is 0 Å². The van der Waals surface area contributed by atoms with Crippen LogP contribution in [0.1, 0.15) is 29.8 Å². The third-order valence-corrected chi connectivity index (χ3v) is 6.12. The largest absolute Gasteiger partial charge is 0.355 e. The second-order valence-corrected chi connectivity index (χ2v) is 8.66. The molecular formula is C20H21N7O3S. The van der Waals surface area contributed by atoms with Crippen LogP contribution in [0.25, 0.3) is 0 Å². The predicted molar refractivity (Wildman–Crippen MR) is 115 cm³/mol. The van der Waals surface area contributed by atoms with E-state index < -0.39 is 15.9 Å². The predicted octanol–water partition coefficient (Wildman–Crippen LogP) is 2.31. The maximum atomic E-state index is 12.5. The van der Waals surface area contributed by atoms with E-state index in [0.29, 0.717) is 5.69 Å². The number of amides is 1. The monoisotopic (exact) mass is 439 g/mol. The van der Waals surface area contributed by atoms with Gasteiger partial charge in [0.15, 0.2) is 11.5 Å². The second kappa shape index (κ2) is 9.04. The summed E-state index contributed by atoms with van der Waals surface area (Å²) in [7, 11) is -3.84. The van der Waals surface area contributed by atoms with Crippen LogP contribution in [0.15, 0.2) is 59.8 Å². The summed E-state index contributed by atoms with van der Waals surface area (Å²) < 4.78 is 27.1. The number of carbonyl (C=O) groups excluding carboxylic acids is 1. The first kappa shape index (κ1) is 20.7. The number of sulfonamides is 1. The molecule has 160 valence electrons. The van der Waals surface area contributed by atoms with Crippen LogP contribution in [-0.4, -0.2) is 47.6 Å². The Hall–Kier alpha value is -3.60. The number of nitrogens with one attached hydrogen (secondary N) is 2. The van der Waals surface area contributed by atoms with Crippen LogP contribution in [0.5, 0.6) is 0 Å². The molecule has 3 aromatic rings. The van der Waals surface area contributed by atoms with Gasteiger partial charge in [-0.1, -0.05) is 0 Å². The lowest BCUT2D eigenvalue weighted by atomic mass is 10.1. The number of nitrogens with zero attached hydrogens (tertiary/aromatic N) is 5. The lowest BCUT2D eigenvalue weighted by Gasteiger charge is -2.27. The van der Waals surface area contributed by atoms with E-state index in [1.165, 1.54) is 43.1 Å². The zero-order valence-electron chi connectivity index (χ0n) is 16.6. The number of rotatable bonds is 6. The Morgan fingerprint density at radius 1 is 0.903 bits per heavy atom. The van der Waals surface area contributed by atoms with Gasteiger partial charge in [-0.25, -0.2) is 23.1 Å². The van der Waals surface area contributed by atoms with Crippen LogP contribution in [0.4, 0.5) is 17.5 Å². The highest BCUT2D eigenvalue weighted by Gasteiger charge is 2.17. The molecule has 1 saturated heterocycles. The van der Waals surface area contributed by atoms with E-state index in [4.69, 9.17) is 0 Å². The van der Waals surface area contributed by atoms with Gasteiger partial charge in [-0.15, -0.1) is 10.2 Å². The van der Waals surface area contributed by atoms with Crippen LogP contribution in [-0.2, 0) is 10.0 Å². The van der Waals surface area contributed by atoms with Gasteiger partial charge in [0.25, 0.3) is 15.9 Å². The van der Waals surface area contributed by atoms with Crippen molar-refractivity contribution in [2.75, 3.05) is 28.0 Å². The van der Waals surface area contributed by atoms with Crippen molar-refractivity contribution in [2.45, 2.75) is 24.2 Å². The molecule has 10 nitrogen and oxygen atoms in total. The Labute approximate surface area is 179 Å². The molecule has 1 aliphatic heterocycles. The number of piperidine rings is 1. The van der Waals surface area contributed by atoms with Gasteiger partial charge in [-0.05, 0) is 61.7 Å². The SMILES string of the molecule is O=C(Nc1ccc(S(=O)(=O)Nc2ncccn2)cc1)c1ccc(N2CCCCC2)nn1. The van der Waals surface area contributed by atoms with Crippen LogP contribution in [0.2, 0.25) is 0 Å². The molecule has 2 N–H and O–H groups in total. The number of carbonyl (C=O) groups is 1. The number of benzene rings is 1. The molecule has 4 rings (SSSR count). The minimum atomic E-state index is -3.84. The minimum absolute atomic E-state index is 0.0172. The molecule has 1 aromatic carbocycles. The van der Waals surface area contributed by atoms with Crippen molar-refractivity contribution in [1.82, 2.24) is 20.2 Å². The zero-order valence-corrected chi connectivity index (χ0v) is 17.4. The van der Waals surface area contributed by atoms with Crippen molar-refractivity contribution in [3.05, 3.63) is 60.6 Å². The van der Waals surface area contributed by atoms with Gasteiger partial charge in [-0.3, -0.25) is 4.79 Å². The Morgan fingerprint density at radius 3 is 2.26 bits per heavy atom. The molecule has 1 aliphatic rings. The fourth-order valence-corrected chi connectivity index (χ4v) is 4.14. The Kier molecular flexibility index (Phi) is 6.03. The maximum absolute atomic E-state index is 12.5. The molecule has 2 aromatic heterocycles. The van der Waals surface area contributed by atoms with Crippen molar-refractivity contribution >= 4 is 33.4 Å². The molecule has 0 saturated carbocycles. The summed E-state index contributed by atoms with van der Waals surface area (Å²) in [5.74, 6) is 0.316. The fraction of sp³-hybridized carbons (Fsp3) is 0.250. The number of anilines is 3. The normalized spacial score (nSPS) is 14.1. The third-order valence-electron chi connectivity index (χ3n) is 4.78. The maximum Gasteiger partial charge on any atom is 0.276 e. The van der Waals surface area contributed by atoms with Gasteiger partial charge in [0.2, 0.25) is 5.95 Å². The topological polar surface area (TPSA) is 130 Å². The van der Waals surface area contributed by atoms with Crippen LogP contribution in [0, 0.1) is 0 Å². The highest BCUT2D eigenvalue weighted by atomic mass is 32.2. The quantitative estimate of drug-likeness (QED) is 0.598. The standard InChI is InChI=1S/C20H21N7O3S/c28-19(17-9-10-18(25-24-17)27-13-2-1-3-14-27)23-15-5-7-16(8-6-15)31(29,30)26-20-21-11-4-12-22-20/h4-12H,1-3,13-14H2,(H,23,28)(H,21,22,26). The van der Waals surface area contributed by atoms with E-state index >= 15 is 0 Å². The summed E-state index contributed by atoms with van der Waals surface area (Å²) in [5, 5.41) is 10.9. The first-order valence-electron chi connectivity index (χ1n) is 9.81. The van der Waals surface area contributed by atoms with E-state index in [9.17, 15) is 13.2 Å². The number of aromatic nitrogens is 4. The van der Waals surface area contributed by atoms with Crippen molar-refractivity contribution < 1.29 is 13.2 Å². The lowest BCUT2D eigenvalue weighted by Crippen LogP contribution is -2.30. The summed E-state index contributed by atoms with van der Waals surface area (Å²) in [5.41, 5.74) is 0.613. The Bertz CT molecular complexity index is 1130. The van der Waals surface area contributed by atoms with E-state index in [1.54, 1.807) is 18.2 Å². The number of hydrogen-bond acceptors (Lipinski definition) is 8. The highest BCUT2D eigenvalue weighted by molar-refractivity contribution is 7.92. The molecule has 1 fully saturated rings. The Balaban J connectivity index is 1.39. The molecular weight excluding hydrogens is 418 g/mol. The van der Waals surface area contributed by atoms with Gasteiger partial charge in [-0.2, -0.15) is 0 Å². The second-order valence-electron chi connectivity index (χ2n) is 6.98. The molecule has 1 amide bonds. The molecule has 11 heteroatoms. The molecule has 3 heterocycles. The summed E-state index contributed by atoms with van der Waals surface area (Å²) in [6, 6.07) is 10.8. The summed E-state index contributed by atoms with van der Waals surface area (Å²) in [4.78, 5) is 22.3. The summed E-state index contributed by atoms with van der Waals surface area (Å²) in [6.07, 6.45) is 6.35. The zero-order chi connectivity index (χ0) is 21.7. The summed E-state index contributed by atoms with van der Waals surface area (Å²) in [6.45, 7) is 1.89. The molecule has 0 spiro atoms. The first-order valence-corrected chi connectivity index (χ1v) is 11.3. The number of hydrogen-bond donors (Lipinski definition) is 2. The molecule has 0 aliphatic carbocycles. The van der Waals surface area contributed by atoms with Crippen molar-refractivity contribution in [2.24, 2.45) is 0 Å². The van der Waals surface area contributed by atoms with Crippen LogP contribution >= 0.6 is 0 Å². The van der Waals surface area contributed by atoms with Crippen molar-refractivity contribution in [3.8, 4) is 0 Å². The van der Waals surface area contributed by atoms with Gasteiger partial charge < -0.3 is 10.2 Å². The van der Waals surface area contributed by atoms with E-state index in [1.807, 2.05) is 0 Å². The van der Waals surface area contributed by atoms with Crippen LogP contribution in [0.3, 0.4) is 0 Å². The average molecular weight is 440 g/mol. The van der Waals surface area contributed by atoms with Gasteiger partial charge in [0, 0.05) is 31.2 Å². The molecule has 0 radical (unpaired) electrons. The van der Waals surface area contributed by atoms with Gasteiger partial charge in [0.05, 0.1) is 4.90 Å². The van der Waals surface area contributed by atoms with Crippen molar-refractivity contribution in [3.63, 3.8) is 0 Å². The van der Waals surface area contributed by atoms with E-state index in [0.717, 1.165) is 31.7 Å². The highest BCUT2D eigenvalue weighted by Crippen LogP contribution is 2.18. The first-order chi connectivity index (χ1) is 15.0. The average Bonchev–Trinajstić information content (AvgIpc) is 2.80. The molecule has 0 unspecified atom stereocenters. The van der Waals surface area contributed by atoms with Crippen molar-refractivity contribution in [1.29, 1.82) is 0 Å². The van der Waals surface area contributed by atoms with Crippen LogP contribution < -0.4 is 14.9 Å². The third kappa shape index (κ3) is 5.12. The lowest BCUT2D eigenvalue weighted by molar-refractivity contribution is 0.102. The minimum Gasteiger partial charge on any atom is -0.355 e. The van der Waals surface area contributed by atoms with E-state index in [-0.39, 0.29) is 16.5 Å². The van der Waals surface area contributed by atoms with Gasteiger partial charge >= 0.3 is 0 Å². The summed E-state index contributed by atoms with van der Waals surface area (Å²) >= 11 is 0. The Morgan fingerprint density at radius 2 is 1.61 bits per heavy atom. The van der Waals surface area contributed by atoms with E-state index in [2.05, 4.69) is 35.1 Å². The fourth-order valence-electron chi connectivity index (χ4n) is 3.18. The smallest absolute Gasteiger partial charge is 0.276 e.